The Morgan fingerprint density at radius 2 is 1.56 bits per heavy atom. The SMILES string of the molecule is Cc1ccc(-n2cnc3ccc(B4OC(C)(C)C(C)(C)O4)cc32)cc1. The van der Waals surface area contributed by atoms with Crippen LogP contribution in [0.15, 0.2) is 48.8 Å². The molecule has 2 heterocycles. The van der Waals surface area contributed by atoms with E-state index in [1.165, 1.54) is 5.56 Å². The molecule has 5 heteroatoms. The first-order valence-electron chi connectivity index (χ1n) is 8.66. The quantitative estimate of drug-likeness (QED) is 0.672. The highest BCUT2D eigenvalue weighted by Gasteiger charge is 2.51. The molecule has 0 radical (unpaired) electrons. The minimum absolute atomic E-state index is 0.343. The maximum atomic E-state index is 6.19. The van der Waals surface area contributed by atoms with E-state index in [9.17, 15) is 0 Å². The van der Waals surface area contributed by atoms with Gasteiger partial charge in [-0.2, -0.15) is 0 Å². The molecule has 1 aliphatic rings. The molecule has 1 aliphatic heterocycles. The van der Waals surface area contributed by atoms with Crippen molar-refractivity contribution in [2.75, 3.05) is 0 Å². The van der Waals surface area contributed by atoms with Gasteiger partial charge in [0.2, 0.25) is 0 Å². The van der Waals surface area contributed by atoms with E-state index < -0.39 is 0 Å². The average molecular weight is 334 g/mol. The van der Waals surface area contributed by atoms with Crippen molar-refractivity contribution in [3.05, 3.63) is 54.4 Å². The van der Waals surface area contributed by atoms with Crippen LogP contribution in [-0.4, -0.2) is 27.9 Å². The zero-order valence-corrected chi connectivity index (χ0v) is 15.4. The number of hydrogen-bond acceptors (Lipinski definition) is 3. The minimum atomic E-state index is -0.365. The lowest BCUT2D eigenvalue weighted by molar-refractivity contribution is 0.00578. The first-order chi connectivity index (χ1) is 11.8. The van der Waals surface area contributed by atoms with E-state index in [-0.39, 0.29) is 18.3 Å². The van der Waals surface area contributed by atoms with Crippen LogP contribution in [0.4, 0.5) is 0 Å². The number of hydrogen-bond donors (Lipinski definition) is 0. The van der Waals surface area contributed by atoms with Gasteiger partial charge >= 0.3 is 7.12 Å². The molecule has 3 aromatic rings. The predicted octanol–water partition coefficient (Wildman–Crippen LogP) is 3.63. The van der Waals surface area contributed by atoms with Gasteiger partial charge in [0.25, 0.3) is 0 Å². The summed E-state index contributed by atoms with van der Waals surface area (Å²) in [6, 6.07) is 14.6. The third kappa shape index (κ3) is 2.68. The Labute approximate surface area is 148 Å². The van der Waals surface area contributed by atoms with Gasteiger partial charge in [0.1, 0.15) is 6.33 Å². The Morgan fingerprint density at radius 1 is 0.920 bits per heavy atom. The van der Waals surface area contributed by atoms with Crippen LogP contribution in [-0.2, 0) is 9.31 Å². The fourth-order valence-corrected chi connectivity index (χ4v) is 3.06. The standard InChI is InChI=1S/C20H23BN2O2/c1-14-6-9-16(10-7-14)23-13-22-17-11-8-15(12-18(17)23)21-24-19(2,3)20(4,5)25-21/h6-13H,1-5H3. The van der Waals surface area contributed by atoms with E-state index in [1.807, 2.05) is 18.5 Å². The number of fused-ring (bicyclic) bond motifs is 1. The number of aryl methyl sites for hydroxylation is 1. The molecule has 25 heavy (non-hydrogen) atoms. The molecule has 0 spiro atoms. The highest BCUT2D eigenvalue weighted by Crippen LogP contribution is 2.36. The second-order valence-corrected chi connectivity index (χ2v) is 7.79. The largest absolute Gasteiger partial charge is 0.494 e. The normalized spacial score (nSPS) is 18.8. The summed E-state index contributed by atoms with van der Waals surface area (Å²) in [6.45, 7) is 10.4. The van der Waals surface area contributed by atoms with Crippen molar-refractivity contribution in [1.82, 2.24) is 9.55 Å². The van der Waals surface area contributed by atoms with Gasteiger partial charge in [0.05, 0.1) is 22.2 Å². The van der Waals surface area contributed by atoms with E-state index in [0.717, 1.165) is 22.2 Å². The van der Waals surface area contributed by atoms with E-state index in [4.69, 9.17) is 9.31 Å². The second-order valence-electron chi connectivity index (χ2n) is 7.79. The van der Waals surface area contributed by atoms with Crippen molar-refractivity contribution in [2.45, 2.75) is 45.8 Å². The summed E-state index contributed by atoms with van der Waals surface area (Å²) in [5, 5.41) is 0. The highest BCUT2D eigenvalue weighted by molar-refractivity contribution is 6.62. The number of benzene rings is 2. The minimum Gasteiger partial charge on any atom is -0.399 e. The fourth-order valence-electron chi connectivity index (χ4n) is 3.06. The summed E-state index contributed by atoms with van der Waals surface area (Å²) < 4.78 is 14.5. The van der Waals surface area contributed by atoms with Crippen molar-refractivity contribution in [1.29, 1.82) is 0 Å². The first kappa shape index (κ1) is 16.4. The van der Waals surface area contributed by atoms with Crippen LogP contribution in [0.3, 0.4) is 0 Å². The van der Waals surface area contributed by atoms with Crippen LogP contribution in [0.1, 0.15) is 33.3 Å². The summed E-state index contributed by atoms with van der Waals surface area (Å²) in [5.41, 5.74) is 4.68. The molecule has 1 fully saturated rings. The van der Waals surface area contributed by atoms with Crippen LogP contribution in [0.25, 0.3) is 16.7 Å². The van der Waals surface area contributed by atoms with E-state index in [0.29, 0.717) is 0 Å². The van der Waals surface area contributed by atoms with Gasteiger partial charge in [-0.1, -0.05) is 23.8 Å². The van der Waals surface area contributed by atoms with Crippen LogP contribution < -0.4 is 5.46 Å². The smallest absolute Gasteiger partial charge is 0.399 e. The zero-order valence-electron chi connectivity index (χ0n) is 15.4. The third-order valence-corrected chi connectivity index (χ3v) is 5.41. The van der Waals surface area contributed by atoms with Gasteiger partial charge in [0.15, 0.2) is 0 Å². The molecule has 0 N–H and O–H groups in total. The lowest BCUT2D eigenvalue weighted by Crippen LogP contribution is -2.41. The number of rotatable bonds is 2. The van der Waals surface area contributed by atoms with Crippen LogP contribution in [0.5, 0.6) is 0 Å². The molecule has 4 rings (SSSR count). The summed E-state index contributed by atoms with van der Waals surface area (Å²) in [5.74, 6) is 0. The second kappa shape index (κ2) is 5.45. The van der Waals surface area contributed by atoms with Crippen LogP contribution >= 0.6 is 0 Å². The monoisotopic (exact) mass is 334 g/mol. The van der Waals surface area contributed by atoms with Crippen molar-refractivity contribution < 1.29 is 9.31 Å². The van der Waals surface area contributed by atoms with Gasteiger partial charge in [-0.25, -0.2) is 4.98 Å². The van der Waals surface area contributed by atoms with Gasteiger partial charge < -0.3 is 9.31 Å². The molecular weight excluding hydrogens is 311 g/mol. The predicted molar refractivity (Wildman–Crippen MR) is 102 cm³/mol. The molecule has 1 aromatic heterocycles. The Balaban J connectivity index is 1.76. The Morgan fingerprint density at radius 3 is 2.20 bits per heavy atom. The van der Waals surface area contributed by atoms with Gasteiger partial charge in [-0.3, -0.25) is 4.57 Å². The number of imidazole rings is 1. The number of aromatic nitrogens is 2. The zero-order chi connectivity index (χ0) is 17.8. The average Bonchev–Trinajstić information content (AvgIpc) is 3.06. The lowest BCUT2D eigenvalue weighted by atomic mass is 9.79. The summed E-state index contributed by atoms with van der Waals surface area (Å²) >= 11 is 0. The maximum absolute atomic E-state index is 6.19. The van der Waals surface area contributed by atoms with Crippen molar-refractivity contribution in [3.8, 4) is 5.69 Å². The third-order valence-electron chi connectivity index (χ3n) is 5.41. The molecule has 0 bridgehead atoms. The van der Waals surface area contributed by atoms with Crippen LogP contribution in [0.2, 0.25) is 0 Å². The van der Waals surface area contributed by atoms with E-state index in [2.05, 4.69) is 74.5 Å². The molecule has 1 saturated heterocycles. The van der Waals surface area contributed by atoms with E-state index >= 15 is 0 Å². The molecular formula is C20H23BN2O2. The van der Waals surface area contributed by atoms with Crippen molar-refractivity contribution >= 4 is 23.6 Å². The van der Waals surface area contributed by atoms with Gasteiger partial charge in [-0.15, -0.1) is 0 Å². The van der Waals surface area contributed by atoms with Crippen molar-refractivity contribution in [3.63, 3.8) is 0 Å². The summed E-state index contributed by atoms with van der Waals surface area (Å²) in [6.07, 6.45) is 1.86. The fraction of sp³-hybridized carbons (Fsp3) is 0.350. The first-order valence-corrected chi connectivity index (χ1v) is 8.66. The molecule has 0 aliphatic carbocycles. The molecule has 0 saturated carbocycles. The summed E-state index contributed by atoms with van der Waals surface area (Å²) in [7, 11) is -0.365. The Bertz CT molecular complexity index is 913. The molecule has 0 unspecified atom stereocenters. The molecule has 128 valence electrons. The Kier molecular flexibility index (Phi) is 3.57. The molecule has 4 nitrogen and oxygen atoms in total. The van der Waals surface area contributed by atoms with Gasteiger partial charge in [-0.05, 0) is 64.3 Å². The number of nitrogens with zero attached hydrogens (tertiary/aromatic N) is 2. The van der Waals surface area contributed by atoms with E-state index in [1.54, 1.807) is 0 Å². The van der Waals surface area contributed by atoms with Crippen molar-refractivity contribution in [2.24, 2.45) is 0 Å². The Hall–Kier alpha value is -2.11. The maximum Gasteiger partial charge on any atom is 0.494 e. The lowest BCUT2D eigenvalue weighted by Gasteiger charge is -2.32. The van der Waals surface area contributed by atoms with Crippen LogP contribution in [0, 0.1) is 6.92 Å². The summed E-state index contributed by atoms with van der Waals surface area (Å²) in [4.78, 5) is 4.52. The molecule has 2 aromatic carbocycles. The molecule has 0 atom stereocenters. The highest BCUT2D eigenvalue weighted by atomic mass is 16.7. The molecule has 0 amide bonds. The van der Waals surface area contributed by atoms with Gasteiger partial charge in [0, 0.05) is 5.69 Å². The topological polar surface area (TPSA) is 36.3 Å².